The zero-order chi connectivity index (χ0) is 14.9. The molecule has 0 atom stereocenters. The lowest BCUT2D eigenvalue weighted by molar-refractivity contribution is -0.145. The van der Waals surface area contributed by atoms with Gasteiger partial charge in [0.1, 0.15) is 0 Å². The Morgan fingerprint density at radius 2 is 2.14 bits per heavy atom. The van der Waals surface area contributed by atoms with Gasteiger partial charge in [-0.25, -0.2) is 4.68 Å². The Morgan fingerprint density at radius 3 is 2.90 bits per heavy atom. The number of nitrogens with zero attached hydrogens (tertiary/aromatic N) is 4. The molecule has 0 aliphatic heterocycles. The number of hydrogen-bond acceptors (Lipinski definition) is 5. The lowest BCUT2D eigenvalue weighted by Crippen LogP contribution is -2.11. The number of rotatable bonds is 8. The van der Waals surface area contributed by atoms with Crippen molar-refractivity contribution in [3.05, 3.63) is 5.82 Å². The fourth-order valence-electron chi connectivity index (χ4n) is 2.94. The molecular weight excluding hydrogens is 268 g/mol. The van der Waals surface area contributed by atoms with Crippen molar-refractivity contribution in [2.45, 2.75) is 77.9 Å². The Kier molecular flexibility index (Phi) is 6.63. The van der Waals surface area contributed by atoms with Gasteiger partial charge in [-0.3, -0.25) is 4.79 Å². The average Bonchev–Trinajstić information content (AvgIpc) is 2.94. The molecule has 1 aliphatic rings. The van der Waals surface area contributed by atoms with Crippen LogP contribution >= 0.6 is 0 Å². The highest BCUT2D eigenvalue weighted by Gasteiger charge is 2.14. The van der Waals surface area contributed by atoms with Crippen molar-refractivity contribution in [1.82, 2.24) is 20.2 Å². The van der Waals surface area contributed by atoms with Crippen molar-refractivity contribution in [3.8, 4) is 0 Å². The molecule has 0 radical (unpaired) electrons. The first-order chi connectivity index (χ1) is 10.3. The molecule has 0 bridgehead atoms. The minimum absolute atomic E-state index is 0.142. The second kappa shape index (κ2) is 8.74. The molecule has 0 saturated heterocycles. The number of hydrogen-bond donors (Lipinski definition) is 0. The van der Waals surface area contributed by atoms with Crippen LogP contribution in [0.4, 0.5) is 0 Å². The molecule has 0 unspecified atom stereocenters. The first-order valence-electron chi connectivity index (χ1n) is 8.20. The Bertz CT molecular complexity index is 427. The molecule has 21 heavy (non-hydrogen) atoms. The largest absolute Gasteiger partial charge is 0.457 e. The molecule has 1 heterocycles. The highest BCUT2D eigenvalue weighted by molar-refractivity contribution is 5.69. The van der Waals surface area contributed by atoms with Gasteiger partial charge in [-0.05, 0) is 35.6 Å². The van der Waals surface area contributed by atoms with E-state index in [4.69, 9.17) is 4.74 Å². The monoisotopic (exact) mass is 294 g/mol. The Hall–Kier alpha value is -1.46. The second-order valence-corrected chi connectivity index (χ2v) is 5.88. The van der Waals surface area contributed by atoms with Crippen LogP contribution in [0.2, 0.25) is 0 Å². The summed E-state index contributed by atoms with van der Waals surface area (Å²) in [6.45, 7) is 2.99. The van der Waals surface area contributed by atoms with Crippen LogP contribution in [0, 0.1) is 5.92 Å². The van der Waals surface area contributed by atoms with Crippen molar-refractivity contribution in [2.75, 3.05) is 0 Å². The second-order valence-electron chi connectivity index (χ2n) is 5.88. The first kappa shape index (κ1) is 15.9. The number of carbonyl (C=O) groups is 1. The van der Waals surface area contributed by atoms with Crippen LogP contribution in [0.1, 0.15) is 70.5 Å². The van der Waals surface area contributed by atoms with Gasteiger partial charge in [-0.1, -0.05) is 39.0 Å². The maximum atomic E-state index is 11.7. The predicted octanol–water partition coefficient (Wildman–Crippen LogP) is 2.88. The summed E-state index contributed by atoms with van der Waals surface area (Å²) in [5.41, 5.74) is 0. The van der Waals surface area contributed by atoms with Crippen LogP contribution in [0.25, 0.3) is 0 Å². The summed E-state index contributed by atoms with van der Waals surface area (Å²) in [5, 5.41) is 11.4. The standard InChI is InChI=1S/C15H26N4O2/c1-2-11-19-14(16-17-18-19)12-21-15(20)10-6-9-13-7-4-3-5-8-13/h13H,2-12H2,1H3. The van der Waals surface area contributed by atoms with Crippen LogP contribution in [0.5, 0.6) is 0 Å². The molecule has 1 aromatic heterocycles. The zero-order valence-electron chi connectivity index (χ0n) is 13.0. The normalized spacial score (nSPS) is 16.0. The quantitative estimate of drug-likeness (QED) is 0.689. The molecule has 1 saturated carbocycles. The van der Waals surface area contributed by atoms with Crippen LogP contribution < -0.4 is 0 Å². The fourth-order valence-corrected chi connectivity index (χ4v) is 2.94. The number of ether oxygens (including phenoxy) is 1. The zero-order valence-corrected chi connectivity index (χ0v) is 13.0. The molecule has 1 aromatic rings. The number of esters is 1. The van der Waals surface area contributed by atoms with E-state index in [0.29, 0.717) is 12.2 Å². The van der Waals surface area contributed by atoms with Gasteiger partial charge < -0.3 is 4.74 Å². The lowest BCUT2D eigenvalue weighted by Gasteiger charge is -2.20. The summed E-state index contributed by atoms with van der Waals surface area (Å²) in [7, 11) is 0. The minimum atomic E-state index is -0.142. The summed E-state index contributed by atoms with van der Waals surface area (Å²) >= 11 is 0. The van der Waals surface area contributed by atoms with E-state index in [1.807, 2.05) is 0 Å². The number of aryl methyl sites for hydroxylation is 1. The molecule has 0 aromatic carbocycles. The highest BCUT2D eigenvalue weighted by Crippen LogP contribution is 2.27. The van der Waals surface area contributed by atoms with E-state index >= 15 is 0 Å². The molecule has 0 amide bonds. The summed E-state index contributed by atoms with van der Waals surface area (Å²) in [6.07, 6.45) is 10.3. The summed E-state index contributed by atoms with van der Waals surface area (Å²) < 4.78 is 6.95. The van der Waals surface area contributed by atoms with E-state index < -0.39 is 0 Å². The maximum absolute atomic E-state index is 11.7. The van der Waals surface area contributed by atoms with Gasteiger partial charge in [0, 0.05) is 13.0 Å². The van der Waals surface area contributed by atoms with E-state index in [9.17, 15) is 4.79 Å². The number of carbonyl (C=O) groups excluding carboxylic acids is 1. The fraction of sp³-hybridized carbons (Fsp3) is 0.867. The third-order valence-corrected chi connectivity index (χ3v) is 4.12. The molecule has 6 heteroatoms. The molecule has 6 nitrogen and oxygen atoms in total. The van der Waals surface area contributed by atoms with Gasteiger partial charge in [0.25, 0.3) is 0 Å². The third-order valence-electron chi connectivity index (χ3n) is 4.12. The van der Waals surface area contributed by atoms with Crippen molar-refractivity contribution in [3.63, 3.8) is 0 Å². The summed E-state index contributed by atoms with van der Waals surface area (Å²) in [5.74, 6) is 1.30. The predicted molar refractivity (Wildman–Crippen MR) is 78.3 cm³/mol. The average molecular weight is 294 g/mol. The maximum Gasteiger partial charge on any atom is 0.306 e. The lowest BCUT2D eigenvalue weighted by atomic mass is 9.86. The highest BCUT2D eigenvalue weighted by atomic mass is 16.5. The van der Waals surface area contributed by atoms with E-state index in [2.05, 4.69) is 22.4 Å². The van der Waals surface area contributed by atoms with Gasteiger partial charge in [0.15, 0.2) is 12.4 Å². The Balaban J connectivity index is 1.61. The molecule has 1 fully saturated rings. The van der Waals surface area contributed by atoms with E-state index in [1.165, 1.54) is 32.1 Å². The minimum Gasteiger partial charge on any atom is -0.457 e. The topological polar surface area (TPSA) is 69.9 Å². The van der Waals surface area contributed by atoms with Crippen molar-refractivity contribution in [2.24, 2.45) is 5.92 Å². The van der Waals surface area contributed by atoms with Crippen LogP contribution in [-0.4, -0.2) is 26.2 Å². The van der Waals surface area contributed by atoms with Crippen LogP contribution in [0.15, 0.2) is 0 Å². The Labute approximate surface area is 126 Å². The molecule has 0 N–H and O–H groups in total. The third kappa shape index (κ3) is 5.44. The van der Waals surface area contributed by atoms with Gasteiger partial charge in [0.2, 0.25) is 0 Å². The van der Waals surface area contributed by atoms with Gasteiger partial charge >= 0.3 is 5.97 Å². The Morgan fingerprint density at radius 1 is 1.33 bits per heavy atom. The molecular formula is C15H26N4O2. The number of tetrazole rings is 1. The first-order valence-corrected chi connectivity index (χ1v) is 8.20. The van der Waals surface area contributed by atoms with Gasteiger partial charge in [-0.2, -0.15) is 0 Å². The van der Waals surface area contributed by atoms with E-state index in [1.54, 1.807) is 4.68 Å². The summed E-state index contributed by atoms with van der Waals surface area (Å²) in [6, 6.07) is 0. The van der Waals surface area contributed by atoms with Crippen molar-refractivity contribution >= 4 is 5.97 Å². The van der Waals surface area contributed by atoms with Gasteiger partial charge in [-0.15, -0.1) is 5.10 Å². The summed E-state index contributed by atoms with van der Waals surface area (Å²) in [4.78, 5) is 11.7. The van der Waals surface area contributed by atoms with Gasteiger partial charge in [0.05, 0.1) is 0 Å². The van der Waals surface area contributed by atoms with E-state index in [0.717, 1.165) is 31.7 Å². The van der Waals surface area contributed by atoms with E-state index in [-0.39, 0.29) is 12.6 Å². The molecule has 0 spiro atoms. The molecule has 1 aliphatic carbocycles. The van der Waals surface area contributed by atoms with Crippen LogP contribution in [-0.2, 0) is 22.7 Å². The molecule has 118 valence electrons. The van der Waals surface area contributed by atoms with Crippen LogP contribution in [0.3, 0.4) is 0 Å². The number of aromatic nitrogens is 4. The SMILES string of the molecule is CCCn1nnnc1COC(=O)CCCC1CCCCC1. The van der Waals surface area contributed by atoms with Crippen molar-refractivity contribution in [1.29, 1.82) is 0 Å². The molecule has 2 rings (SSSR count). The van der Waals surface area contributed by atoms with Crippen molar-refractivity contribution < 1.29 is 9.53 Å². The smallest absolute Gasteiger partial charge is 0.306 e.